The molecule has 0 spiro atoms. The Morgan fingerprint density at radius 3 is 2.62 bits per heavy atom. The van der Waals surface area contributed by atoms with Gasteiger partial charge in [-0.3, -0.25) is 0 Å². The maximum atomic E-state index is 10.4. The van der Waals surface area contributed by atoms with Gasteiger partial charge in [0.2, 0.25) is 0 Å². The number of halogens is 2. The fourth-order valence-electron chi connectivity index (χ4n) is 1.66. The molecule has 0 heterocycles. The van der Waals surface area contributed by atoms with Gasteiger partial charge in [0.05, 0.1) is 5.60 Å². The average Bonchev–Trinajstić information content (AvgIpc) is 2.21. The molecule has 0 aliphatic carbocycles. The van der Waals surface area contributed by atoms with Crippen molar-refractivity contribution in [2.75, 3.05) is 0 Å². The van der Waals surface area contributed by atoms with Crippen molar-refractivity contribution in [3.8, 4) is 0 Å². The highest BCUT2D eigenvalue weighted by Crippen LogP contribution is 2.29. The zero-order valence-electron chi connectivity index (χ0n) is 9.93. The van der Waals surface area contributed by atoms with Crippen LogP contribution in [0.25, 0.3) is 0 Å². The van der Waals surface area contributed by atoms with Gasteiger partial charge in [-0.2, -0.15) is 0 Å². The minimum Gasteiger partial charge on any atom is -0.390 e. The second-order valence-electron chi connectivity index (χ2n) is 4.58. The molecule has 1 aromatic carbocycles. The molecule has 1 nitrogen and oxygen atoms in total. The Kier molecular flexibility index (Phi) is 4.84. The van der Waals surface area contributed by atoms with Crippen LogP contribution in [0.1, 0.15) is 32.8 Å². The van der Waals surface area contributed by atoms with Crippen molar-refractivity contribution in [3.05, 3.63) is 33.3 Å². The topological polar surface area (TPSA) is 20.2 Å². The van der Waals surface area contributed by atoms with E-state index in [2.05, 4.69) is 29.8 Å². The lowest BCUT2D eigenvalue weighted by Gasteiger charge is -2.30. The maximum absolute atomic E-state index is 10.4. The molecule has 2 unspecified atom stereocenters. The summed E-state index contributed by atoms with van der Waals surface area (Å²) in [5.41, 5.74) is 0.293. The van der Waals surface area contributed by atoms with Gasteiger partial charge < -0.3 is 5.11 Å². The van der Waals surface area contributed by atoms with E-state index in [4.69, 9.17) is 11.6 Å². The van der Waals surface area contributed by atoms with E-state index in [1.54, 1.807) is 0 Å². The molecule has 90 valence electrons. The zero-order chi connectivity index (χ0) is 12.3. The van der Waals surface area contributed by atoms with Crippen LogP contribution in [0.2, 0.25) is 5.02 Å². The van der Waals surface area contributed by atoms with Crippen LogP contribution in [-0.2, 0) is 6.42 Å². The summed E-state index contributed by atoms with van der Waals surface area (Å²) in [5, 5.41) is 11.1. The summed E-state index contributed by atoms with van der Waals surface area (Å²) in [7, 11) is 0. The van der Waals surface area contributed by atoms with Crippen LogP contribution < -0.4 is 0 Å². The first-order valence-corrected chi connectivity index (χ1v) is 6.70. The van der Waals surface area contributed by atoms with E-state index >= 15 is 0 Å². The third kappa shape index (κ3) is 3.47. The Balaban J connectivity index is 2.87. The third-order valence-electron chi connectivity index (χ3n) is 3.24. The van der Waals surface area contributed by atoms with Crippen molar-refractivity contribution in [2.45, 2.75) is 39.2 Å². The van der Waals surface area contributed by atoms with E-state index in [0.717, 1.165) is 16.5 Å². The van der Waals surface area contributed by atoms with Gasteiger partial charge >= 0.3 is 0 Å². The summed E-state index contributed by atoms with van der Waals surface area (Å²) in [6.45, 7) is 6.02. The summed E-state index contributed by atoms with van der Waals surface area (Å²) in [6.07, 6.45) is 1.55. The number of benzene rings is 1. The SMILES string of the molecule is CCC(C)C(C)(O)Cc1ccc(Br)cc1Cl. The molecule has 1 aromatic rings. The van der Waals surface area contributed by atoms with Crippen LogP contribution >= 0.6 is 27.5 Å². The largest absolute Gasteiger partial charge is 0.390 e. The first-order valence-electron chi connectivity index (χ1n) is 5.53. The second kappa shape index (κ2) is 5.52. The lowest BCUT2D eigenvalue weighted by molar-refractivity contribution is 0.00518. The smallest absolute Gasteiger partial charge is 0.0685 e. The first kappa shape index (κ1) is 14.0. The number of aliphatic hydroxyl groups is 1. The highest BCUT2D eigenvalue weighted by atomic mass is 79.9. The molecule has 1 N–H and O–H groups in total. The first-order chi connectivity index (χ1) is 7.36. The Morgan fingerprint density at radius 2 is 2.12 bits per heavy atom. The van der Waals surface area contributed by atoms with Crippen LogP contribution in [0.4, 0.5) is 0 Å². The molecule has 0 aromatic heterocycles. The molecular weight excluding hydrogens is 287 g/mol. The van der Waals surface area contributed by atoms with Gasteiger partial charge in [0.15, 0.2) is 0 Å². The molecule has 0 aliphatic rings. The van der Waals surface area contributed by atoms with Crippen LogP contribution in [0, 0.1) is 5.92 Å². The molecule has 16 heavy (non-hydrogen) atoms. The minimum absolute atomic E-state index is 0.257. The van der Waals surface area contributed by atoms with Gasteiger partial charge in [-0.1, -0.05) is 53.9 Å². The van der Waals surface area contributed by atoms with Gasteiger partial charge in [0.1, 0.15) is 0 Å². The molecule has 3 heteroatoms. The quantitative estimate of drug-likeness (QED) is 0.872. The standard InChI is InChI=1S/C13H18BrClO/c1-4-9(2)13(3,16)8-10-5-6-11(14)7-12(10)15/h5-7,9,16H,4,8H2,1-3H3. The molecule has 0 radical (unpaired) electrons. The predicted octanol–water partition coefficient (Wildman–Crippen LogP) is 4.44. The van der Waals surface area contributed by atoms with E-state index < -0.39 is 5.60 Å². The van der Waals surface area contributed by atoms with Crippen molar-refractivity contribution in [3.63, 3.8) is 0 Å². The van der Waals surface area contributed by atoms with E-state index in [9.17, 15) is 5.11 Å². The van der Waals surface area contributed by atoms with Crippen LogP contribution in [0.15, 0.2) is 22.7 Å². The van der Waals surface area contributed by atoms with Crippen molar-refractivity contribution >= 4 is 27.5 Å². The fourth-order valence-corrected chi connectivity index (χ4v) is 2.40. The highest BCUT2D eigenvalue weighted by Gasteiger charge is 2.27. The van der Waals surface area contributed by atoms with E-state index in [-0.39, 0.29) is 5.92 Å². The summed E-state index contributed by atoms with van der Waals surface area (Å²) in [4.78, 5) is 0. The monoisotopic (exact) mass is 304 g/mol. The summed E-state index contributed by atoms with van der Waals surface area (Å²) in [6, 6.07) is 5.78. The molecule has 0 bridgehead atoms. The Labute approximate surface area is 111 Å². The van der Waals surface area contributed by atoms with E-state index in [0.29, 0.717) is 11.4 Å². The normalized spacial score (nSPS) is 16.9. The Hall–Kier alpha value is -0.0500. The average molecular weight is 306 g/mol. The van der Waals surface area contributed by atoms with Crippen molar-refractivity contribution in [1.29, 1.82) is 0 Å². The molecule has 0 aliphatic heterocycles. The number of rotatable bonds is 4. The molecule has 2 atom stereocenters. The third-order valence-corrected chi connectivity index (χ3v) is 4.08. The van der Waals surface area contributed by atoms with E-state index in [1.165, 1.54) is 0 Å². The van der Waals surface area contributed by atoms with Crippen LogP contribution in [-0.4, -0.2) is 10.7 Å². The lowest BCUT2D eigenvalue weighted by atomic mass is 9.83. The van der Waals surface area contributed by atoms with Crippen LogP contribution in [0.5, 0.6) is 0 Å². The molecule has 0 saturated carbocycles. The Morgan fingerprint density at radius 1 is 1.50 bits per heavy atom. The van der Waals surface area contributed by atoms with Crippen molar-refractivity contribution < 1.29 is 5.11 Å². The molecule has 1 rings (SSSR count). The summed E-state index contributed by atoms with van der Waals surface area (Å²) >= 11 is 9.51. The predicted molar refractivity (Wildman–Crippen MR) is 72.9 cm³/mol. The van der Waals surface area contributed by atoms with E-state index in [1.807, 2.05) is 25.1 Å². The highest BCUT2D eigenvalue weighted by molar-refractivity contribution is 9.10. The van der Waals surface area contributed by atoms with Gasteiger partial charge in [-0.05, 0) is 30.5 Å². The van der Waals surface area contributed by atoms with Gasteiger partial charge in [-0.15, -0.1) is 0 Å². The summed E-state index contributed by atoms with van der Waals surface area (Å²) < 4.78 is 0.962. The molecule has 0 amide bonds. The minimum atomic E-state index is -0.702. The zero-order valence-corrected chi connectivity index (χ0v) is 12.3. The van der Waals surface area contributed by atoms with Gasteiger partial charge in [-0.25, -0.2) is 0 Å². The number of hydrogen-bond donors (Lipinski definition) is 1. The van der Waals surface area contributed by atoms with Crippen LogP contribution in [0.3, 0.4) is 0 Å². The summed E-state index contributed by atoms with van der Waals surface area (Å²) in [5.74, 6) is 0.257. The van der Waals surface area contributed by atoms with Crippen molar-refractivity contribution in [1.82, 2.24) is 0 Å². The molecular formula is C13H18BrClO. The number of hydrogen-bond acceptors (Lipinski definition) is 1. The molecule has 0 saturated heterocycles. The fraction of sp³-hybridized carbons (Fsp3) is 0.538. The lowest BCUT2D eigenvalue weighted by Crippen LogP contribution is -2.35. The second-order valence-corrected chi connectivity index (χ2v) is 5.90. The van der Waals surface area contributed by atoms with Gasteiger partial charge in [0, 0.05) is 15.9 Å². The maximum Gasteiger partial charge on any atom is 0.0685 e. The van der Waals surface area contributed by atoms with Gasteiger partial charge in [0.25, 0.3) is 0 Å². The Bertz CT molecular complexity index is 363. The van der Waals surface area contributed by atoms with Crippen molar-refractivity contribution in [2.24, 2.45) is 5.92 Å². The molecule has 0 fully saturated rings.